The Hall–Kier alpha value is -2.49. The first kappa shape index (κ1) is 25.1. The number of anilines is 3. The van der Waals surface area contributed by atoms with Gasteiger partial charge in [-0.05, 0) is 36.6 Å². The van der Waals surface area contributed by atoms with Crippen LogP contribution in [0.2, 0.25) is 0 Å². The molecule has 164 valence electrons. The van der Waals surface area contributed by atoms with Crippen molar-refractivity contribution in [1.29, 1.82) is 0 Å². The molecule has 0 saturated heterocycles. The van der Waals surface area contributed by atoms with Crippen LogP contribution in [-0.2, 0) is 16.5 Å². The van der Waals surface area contributed by atoms with Crippen LogP contribution in [0.3, 0.4) is 0 Å². The molecular formula is C24H21N2NaO5S. The Kier molecular flexibility index (Phi) is 7.45. The normalized spacial score (nSPS) is 12.5. The number of carbonyl (C=O) groups excluding carboxylic acids is 2. The van der Waals surface area contributed by atoms with E-state index in [0.29, 0.717) is 5.69 Å². The fraction of sp³-hybridized carbons (Fsp3) is 0.167. The first-order chi connectivity index (χ1) is 15.2. The zero-order chi connectivity index (χ0) is 23.0. The number of fused-ring (bicyclic) bond motifs is 2. The zero-order valence-corrected chi connectivity index (χ0v) is 21.2. The van der Waals surface area contributed by atoms with E-state index in [9.17, 15) is 22.6 Å². The van der Waals surface area contributed by atoms with Crippen LogP contribution in [0.1, 0.15) is 57.2 Å². The maximum absolute atomic E-state index is 13.3. The monoisotopic (exact) mass is 472 g/mol. The standard InChI is InChI=1S/C24H22N2O5S.Na/c1-2-3-6-14-9-11-15(12-10-14)26-18-13-19(32(29,30)31)22(25)21-20(18)23(27)16-7-4-5-8-17(16)24(21)28;/h4-5,7-13,26H,2-3,6,25H2,1H3,(H,29,30,31);/q;+1/p-1. The van der Waals surface area contributed by atoms with Gasteiger partial charge in [0.2, 0.25) is 0 Å². The van der Waals surface area contributed by atoms with Gasteiger partial charge < -0.3 is 15.6 Å². The average Bonchev–Trinajstić information content (AvgIpc) is 2.77. The van der Waals surface area contributed by atoms with E-state index < -0.39 is 32.3 Å². The third-order valence-corrected chi connectivity index (χ3v) is 6.40. The summed E-state index contributed by atoms with van der Waals surface area (Å²) in [6, 6.07) is 14.7. The third-order valence-electron chi connectivity index (χ3n) is 5.52. The van der Waals surface area contributed by atoms with Crippen molar-refractivity contribution >= 4 is 38.7 Å². The van der Waals surface area contributed by atoms with E-state index in [0.717, 1.165) is 30.9 Å². The molecule has 0 amide bonds. The summed E-state index contributed by atoms with van der Waals surface area (Å²) in [5.41, 5.74) is 7.18. The number of ketones is 2. The second-order valence-electron chi connectivity index (χ2n) is 7.67. The van der Waals surface area contributed by atoms with Gasteiger partial charge in [-0.15, -0.1) is 0 Å². The number of hydrogen-bond donors (Lipinski definition) is 2. The Bertz CT molecular complexity index is 1350. The minimum Gasteiger partial charge on any atom is -0.744 e. The molecule has 1 aliphatic carbocycles. The number of rotatable bonds is 6. The van der Waals surface area contributed by atoms with E-state index in [-0.39, 0.29) is 57.5 Å². The summed E-state index contributed by atoms with van der Waals surface area (Å²) in [6.07, 6.45) is 3.05. The Morgan fingerprint density at radius 2 is 1.52 bits per heavy atom. The van der Waals surface area contributed by atoms with Crippen LogP contribution >= 0.6 is 0 Å². The third kappa shape index (κ3) is 4.76. The number of nitrogens with two attached hydrogens (primary N) is 1. The number of carbonyl (C=O) groups is 2. The minimum atomic E-state index is -5.00. The molecule has 4 rings (SSSR count). The van der Waals surface area contributed by atoms with Crippen molar-refractivity contribution < 1.29 is 52.1 Å². The summed E-state index contributed by atoms with van der Waals surface area (Å²) in [5, 5.41) is 3.00. The van der Waals surface area contributed by atoms with Crippen LogP contribution in [0.5, 0.6) is 0 Å². The molecule has 9 heteroatoms. The zero-order valence-electron chi connectivity index (χ0n) is 18.3. The molecule has 0 unspecified atom stereocenters. The molecule has 0 fully saturated rings. The summed E-state index contributed by atoms with van der Waals surface area (Å²) in [4.78, 5) is 25.7. The number of nitrogens with one attached hydrogen (secondary N) is 1. The molecule has 3 aromatic rings. The molecule has 7 nitrogen and oxygen atoms in total. The molecule has 0 heterocycles. The second-order valence-corrected chi connectivity index (χ2v) is 9.02. The fourth-order valence-electron chi connectivity index (χ4n) is 3.89. The van der Waals surface area contributed by atoms with Crippen molar-refractivity contribution in [1.82, 2.24) is 0 Å². The van der Waals surface area contributed by atoms with Crippen molar-refractivity contribution in [3.63, 3.8) is 0 Å². The average molecular weight is 472 g/mol. The Morgan fingerprint density at radius 1 is 0.939 bits per heavy atom. The van der Waals surface area contributed by atoms with Gasteiger partial charge in [-0.25, -0.2) is 8.42 Å². The van der Waals surface area contributed by atoms with Gasteiger partial charge in [-0.1, -0.05) is 49.7 Å². The maximum atomic E-state index is 13.3. The summed E-state index contributed by atoms with van der Waals surface area (Å²) >= 11 is 0. The quantitative estimate of drug-likeness (QED) is 0.244. The fourth-order valence-corrected chi connectivity index (χ4v) is 4.52. The van der Waals surface area contributed by atoms with Crippen molar-refractivity contribution in [3.8, 4) is 0 Å². The molecule has 0 radical (unpaired) electrons. The van der Waals surface area contributed by atoms with Gasteiger partial charge in [0.25, 0.3) is 0 Å². The Morgan fingerprint density at radius 3 is 2.06 bits per heavy atom. The maximum Gasteiger partial charge on any atom is 1.00 e. The number of nitrogen functional groups attached to an aromatic ring is 1. The minimum absolute atomic E-state index is 0. The predicted molar refractivity (Wildman–Crippen MR) is 120 cm³/mol. The molecular weight excluding hydrogens is 451 g/mol. The van der Waals surface area contributed by atoms with E-state index in [2.05, 4.69) is 12.2 Å². The first-order valence-electron chi connectivity index (χ1n) is 10.2. The Labute approximate surface area is 214 Å². The van der Waals surface area contributed by atoms with Crippen LogP contribution in [0, 0.1) is 0 Å². The van der Waals surface area contributed by atoms with Crippen molar-refractivity contribution in [2.45, 2.75) is 31.1 Å². The van der Waals surface area contributed by atoms with Crippen molar-refractivity contribution in [3.05, 3.63) is 82.4 Å². The van der Waals surface area contributed by atoms with Crippen molar-refractivity contribution in [2.75, 3.05) is 11.1 Å². The molecule has 0 bridgehead atoms. The smallest absolute Gasteiger partial charge is 0.744 e. The summed E-state index contributed by atoms with van der Waals surface area (Å²) < 4.78 is 35.6. The SMILES string of the molecule is CCCCc1ccc(Nc2cc(S(=O)(=O)[O-])c(N)c3c2C(=O)c2ccccc2C3=O)cc1.[Na+]. The van der Waals surface area contributed by atoms with Gasteiger partial charge in [0.15, 0.2) is 11.6 Å². The molecule has 0 spiro atoms. The number of aryl methyl sites for hydroxylation is 1. The second kappa shape index (κ2) is 9.79. The first-order valence-corrected chi connectivity index (χ1v) is 11.6. The van der Waals surface area contributed by atoms with E-state index >= 15 is 0 Å². The summed E-state index contributed by atoms with van der Waals surface area (Å²) in [6.45, 7) is 2.11. The molecule has 1 aliphatic rings. The van der Waals surface area contributed by atoms with Gasteiger partial charge in [-0.2, -0.15) is 0 Å². The van der Waals surface area contributed by atoms with Gasteiger partial charge in [-0.3, -0.25) is 9.59 Å². The van der Waals surface area contributed by atoms with Crippen LogP contribution < -0.4 is 40.6 Å². The molecule has 0 aliphatic heterocycles. The molecule has 0 saturated carbocycles. The van der Waals surface area contributed by atoms with Crippen molar-refractivity contribution in [2.24, 2.45) is 0 Å². The molecule has 0 aromatic heterocycles. The van der Waals surface area contributed by atoms with Gasteiger partial charge >= 0.3 is 29.6 Å². The molecule has 0 atom stereocenters. The predicted octanol–water partition coefficient (Wildman–Crippen LogP) is 1.04. The topological polar surface area (TPSA) is 129 Å². The van der Waals surface area contributed by atoms with Crippen LogP contribution in [-0.4, -0.2) is 24.5 Å². The summed E-state index contributed by atoms with van der Waals surface area (Å²) in [5.74, 6) is -1.07. The Balaban J connectivity index is 0.00000306. The van der Waals surface area contributed by atoms with Crippen LogP contribution in [0.4, 0.5) is 17.1 Å². The van der Waals surface area contributed by atoms with Gasteiger partial charge in [0, 0.05) is 16.8 Å². The van der Waals surface area contributed by atoms with Gasteiger partial charge in [0.1, 0.15) is 10.1 Å². The van der Waals surface area contributed by atoms with Gasteiger partial charge in [0.05, 0.1) is 27.4 Å². The number of benzene rings is 3. The van der Waals surface area contributed by atoms with E-state index in [1.807, 2.05) is 12.1 Å². The molecule has 33 heavy (non-hydrogen) atoms. The van der Waals surface area contributed by atoms with E-state index in [4.69, 9.17) is 5.73 Å². The van der Waals surface area contributed by atoms with Crippen LogP contribution in [0.15, 0.2) is 59.5 Å². The van der Waals surface area contributed by atoms with E-state index in [1.54, 1.807) is 24.3 Å². The summed E-state index contributed by atoms with van der Waals surface area (Å²) in [7, 11) is -5.00. The number of unbranched alkanes of at least 4 members (excludes halogenated alkanes) is 1. The largest absolute Gasteiger partial charge is 1.00 e. The van der Waals surface area contributed by atoms with Crippen LogP contribution in [0.25, 0.3) is 0 Å². The molecule has 3 aromatic carbocycles. The molecule has 3 N–H and O–H groups in total. The number of hydrogen-bond acceptors (Lipinski definition) is 7. The van der Waals surface area contributed by atoms with E-state index in [1.165, 1.54) is 12.1 Å².